The number of amides is 1. The van der Waals surface area contributed by atoms with Gasteiger partial charge in [-0.2, -0.15) is 0 Å². The van der Waals surface area contributed by atoms with Crippen molar-refractivity contribution in [3.63, 3.8) is 0 Å². The van der Waals surface area contributed by atoms with Crippen LogP contribution < -0.4 is 20.1 Å². The maximum Gasteiger partial charge on any atom is 0.269 e. The minimum atomic E-state index is -0.261. The number of methoxy groups -OCH3 is 1. The summed E-state index contributed by atoms with van der Waals surface area (Å²) in [7, 11) is 1.61. The van der Waals surface area contributed by atoms with Gasteiger partial charge in [0.05, 0.1) is 36.2 Å². The highest BCUT2D eigenvalue weighted by molar-refractivity contribution is 6.33. The molecule has 28 heavy (non-hydrogen) atoms. The van der Waals surface area contributed by atoms with Crippen LogP contribution in [-0.2, 0) is 0 Å². The van der Waals surface area contributed by atoms with E-state index < -0.39 is 0 Å². The van der Waals surface area contributed by atoms with Gasteiger partial charge in [0.15, 0.2) is 0 Å². The number of pyridine rings is 1. The van der Waals surface area contributed by atoms with Crippen LogP contribution in [0.1, 0.15) is 10.5 Å². The van der Waals surface area contributed by atoms with Crippen molar-refractivity contribution in [3.8, 4) is 11.5 Å². The van der Waals surface area contributed by atoms with E-state index in [4.69, 9.17) is 21.1 Å². The SMILES string of the molecule is COc1ccc(OCCNC(=O)c2ccc(Nc3ccccc3Cl)cn2)cc1. The Morgan fingerprint density at radius 3 is 2.46 bits per heavy atom. The van der Waals surface area contributed by atoms with Gasteiger partial charge in [0.1, 0.15) is 23.8 Å². The highest BCUT2D eigenvalue weighted by Crippen LogP contribution is 2.24. The van der Waals surface area contributed by atoms with E-state index in [0.717, 1.165) is 17.1 Å². The first-order valence-electron chi connectivity index (χ1n) is 8.68. The van der Waals surface area contributed by atoms with Crippen LogP contribution in [0.5, 0.6) is 11.5 Å². The van der Waals surface area contributed by atoms with E-state index in [2.05, 4.69) is 15.6 Å². The number of ether oxygens (including phenoxy) is 2. The molecule has 0 aliphatic heterocycles. The Kier molecular flexibility index (Phi) is 6.70. The number of hydrogen-bond donors (Lipinski definition) is 2. The monoisotopic (exact) mass is 397 g/mol. The van der Waals surface area contributed by atoms with Crippen LogP contribution in [0.2, 0.25) is 5.02 Å². The highest BCUT2D eigenvalue weighted by Gasteiger charge is 2.07. The molecule has 2 aromatic carbocycles. The van der Waals surface area contributed by atoms with Gasteiger partial charge in [-0.3, -0.25) is 4.79 Å². The number of aromatic nitrogens is 1. The molecule has 3 rings (SSSR count). The number of para-hydroxylation sites is 1. The van der Waals surface area contributed by atoms with Gasteiger partial charge in [-0.15, -0.1) is 0 Å². The molecular formula is C21H20ClN3O3. The molecular weight excluding hydrogens is 378 g/mol. The van der Waals surface area contributed by atoms with Crippen molar-refractivity contribution in [1.29, 1.82) is 0 Å². The van der Waals surface area contributed by atoms with Gasteiger partial charge < -0.3 is 20.1 Å². The fraction of sp³-hybridized carbons (Fsp3) is 0.143. The molecule has 0 spiro atoms. The Bertz CT molecular complexity index is 915. The molecule has 0 bridgehead atoms. The van der Waals surface area contributed by atoms with Crippen LogP contribution in [0.4, 0.5) is 11.4 Å². The third kappa shape index (κ3) is 5.37. The molecule has 0 fully saturated rings. The summed E-state index contributed by atoms with van der Waals surface area (Å²) in [4.78, 5) is 16.4. The number of carbonyl (C=O) groups excluding carboxylic acids is 1. The van der Waals surface area contributed by atoms with Gasteiger partial charge in [0.2, 0.25) is 0 Å². The summed E-state index contributed by atoms with van der Waals surface area (Å²) in [5.74, 6) is 1.21. The molecule has 1 aromatic heterocycles. The Hall–Kier alpha value is -3.25. The zero-order chi connectivity index (χ0) is 19.8. The molecule has 0 aliphatic carbocycles. The Labute approximate surface area is 168 Å². The summed E-state index contributed by atoms with van der Waals surface area (Å²) in [6, 6.07) is 18.1. The van der Waals surface area contributed by atoms with E-state index in [0.29, 0.717) is 29.6 Å². The number of halogens is 1. The zero-order valence-electron chi connectivity index (χ0n) is 15.3. The van der Waals surface area contributed by atoms with E-state index in [1.165, 1.54) is 0 Å². The summed E-state index contributed by atoms with van der Waals surface area (Å²) in [6.45, 7) is 0.719. The van der Waals surface area contributed by atoms with Crippen LogP contribution in [0.3, 0.4) is 0 Å². The topological polar surface area (TPSA) is 72.5 Å². The fourth-order valence-electron chi connectivity index (χ4n) is 2.42. The summed E-state index contributed by atoms with van der Waals surface area (Å²) in [5.41, 5.74) is 1.85. The van der Waals surface area contributed by atoms with E-state index in [9.17, 15) is 4.79 Å². The second-order valence-corrected chi connectivity index (χ2v) is 6.22. The summed E-state index contributed by atoms with van der Waals surface area (Å²) >= 11 is 6.12. The predicted octanol–water partition coefficient (Wildman–Crippen LogP) is 4.30. The smallest absolute Gasteiger partial charge is 0.269 e. The predicted molar refractivity (Wildman–Crippen MR) is 110 cm³/mol. The lowest BCUT2D eigenvalue weighted by Crippen LogP contribution is -2.28. The molecule has 1 amide bonds. The van der Waals surface area contributed by atoms with E-state index in [1.54, 1.807) is 31.5 Å². The van der Waals surface area contributed by atoms with Crippen LogP contribution in [0.25, 0.3) is 0 Å². The number of nitrogens with zero attached hydrogens (tertiary/aromatic N) is 1. The van der Waals surface area contributed by atoms with E-state index in [-0.39, 0.29) is 5.91 Å². The van der Waals surface area contributed by atoms with Gasteiger partial charge in [-0.05, 0) is 48.5 Å². The first-order valence-corrected chi connectivity index (χ1v) is 9.06. The largest absolute Gasteiger partial charge is 0.497 e. The number of rotatable bonds is 8. The van der Waals surface area contributed by atoms with Crippen molar-refractivity contribution in [1.82, 2.24) is 10.3 Å². The molecule has 0 unspecified atom stereocenters. The molecule has 1 heterocycles. The average Bonchev–Trinajstić information content (AvgIpc) is 2.73. The van der Waals surface area contributed by atoms with Crippen LogP contribution in [-0.4, -0.2) is 31.2 Å². The Morgan fingerprint density at radius 1 is 1.04 bits per heavy atom. The van der Waals surface area contributed by atoms with Crippen LogP contribution >= 0.6 is 11.6 Å². The maximum atomic E-state index is 12.2. The lowest BCUT2D eigenvalue weighted by Gasteiger charge is -2.09. The van der Waals surface area contributed by atoms with Crippen molar-refractivity contribution in [2.24, 2.45) is 0 Å². The van der Waals surface area contributed by atoms with Crippen molar-refractivity contribution < 1.29 is 14.3 Å². The molecule has 0 saturated heterocycles. The first-order chi connectivity index (χ1) is 13.7. The number of benzene rings is 2. The summed E-state index contributed by atoms with van der Waals surface area (Å²) < 4.78 is 10.7. The molecule has 6 nitrogen and oxygen atoms in total. The fourth-order valence-corrected chi connectivity index (χ4v) is 2.60. The van der Waals surface area contributed by atoms with Gasteiger partial charge in [0.25, 0.3) is 5.91 Å². The van der Waals surface area contributed by atoms with Crippen molar-refractivity contribution in [2.75, 3.05) is 25.6 Å². The second-order valence-electron chi connectivity index (χ2n) is 5.82. The molecule has 7 heteroatoms. The lowest BCUT2D eigenvalue weighted by molar-refractivity contribution is 0.0942. The lowest BCUT2D eigenvalue weighted by atomic mass is 10.3. The maximum absolute atomic E-state index is 12.2. The van der Waals surface area contributed by atoms with Crippen LogP contribution in [0, 0.1) is 0 Å². The normalized spacial score (nSPS) is 10.2. The minimum absolute atomic E-state index is 0.261. The molecule has 2 N–H and O–H groups in total. The Balaban J connectivity index is 1.45. The summed E-state index contributed by atoms with van der Waals surface area (Å²) in [6.07, 6.45) is 1.59. The standard InChI is InChI=1S/C21H20ClN3O3/c1-27-16-7-9-17(10-8-16)28-13-12-23-21(26)20-11-6-15(14-24-20)25-19-5-3-2-4-18(19)22/h2-11,14,25H,12-13H2,1H3,(H,23,26). The van der Waals surface area contributed by atoms with Gasteiger partial charge in [-0.1, -0.05) is 23.7 Å². The molecule has 0 radical (unpaired) electrons. The van der Waals surface area contributed by atoms with Gasteiger partial charge in [-0.25, -0.2) is 4.98 Å². The highest BCUT2D eigenvalue weighted by atomic mass is 35.5. The van der Waals surface area contributed by atoms with Crippen molar-refractivity contribution in [3.05, 3.63) is 77.6 Å². The second kappa shape index (κ2) is 9.62. The van der Waals surface area contributed by atoms with Crippen LogP contribution in [0.15, 0.2) is 66.9 Å². The number of carbonyl (C=O) groups is 1. The number of hydrogen-bond acceptors (Lipinski definition) is 5. The quantitative estimate of drug-likeness (QED) is 0.554. The zero-order valence-corrected chi connectivity index (χ0v) is 16.1. The van der Waals surface area contributed by atoms with Gasteiger partial charge >= 0.3 is 0 Å². The molecule has 0 atom stereocenters. The molecule has 144 valence electrons. The van der Waals surface area contributed by atoms with E-state index >= 15 is 0 Å². The van der Waals surface area contributed by atoms with Crippen molar-refractivity contribution in [2.45, 2.75) is 0 Å². The third-order valence-electron chi connectivity index (χ3n) is 3.86. The number of anilines is 2. The number of nitrogens with one attached hydrogen (secondary N) is 2. The first kappa shape index (κ1) is 19.5. The van der Waals surface area contributed by atoms with Gasteiger partial charge in [0, 0.05) is 0 Å². The average molecular weight is 398 g/mol. The van der Waals surface area contributed by atoms with E-state index in [1.807, 2.05) is 42.5 Å². The van der Waals surface area contributed by atoms with Crippen molar-refractivity contribution >= 4 is 28.9 Å². The third-order valence-corrected chi connectivity index (χ3v) is 4.19. The molecule has 0 aliphatic rings. The minimum Gasteiger partial charge on any atom is -0.497 e. The summed E-state index contributed by atoms with van der Waals surface area (Å²) in [5, 5.41) is 6.55. The molecule has 3 aromatic rings. The molecule has 0 saturated carbocycles. The Morgan fingerprint density at radius 2 is 1.79 bits per heavy atom.